The van der Waals surface area contributed by atoms with E-state index in [1.807, 2.05) is 30.7 Å². The van der Waals surface area contributed by atoms with Crippen LogP contribution in [0, 0.1) is 12.3 Å². The first-order chi connectivity index (χ1) is 15.6. The van der Waals surface area contributed by atoms with Gasteiger partial charge in [0.1, 0.15) is 18.1 Å². The fourth-order valence-corrected chi connectivity index (χ4v) is 5.33. The number of para-hydroxylation sites is 1. The van der Waals surface area contributed by atoms with Crippen LogP contribution in [0.3, 0.4) is 0 Å². The molecule has 5 rings (SSSR count). The number of rotatable bonds is 6. The second kappa shape index (κ2) is 10.2. The van der Waals surface area contributed by atoms with Gasteiger partial charge in [0.25, 0.3) is 0 Å². The molecular weight excluding hydrogens is 531 g/mol. The number of aromatic nitrogens is 3. The van der Waals surface area contributed by atoms with Gasteiger partial charge >= 0.3 is 0 Å². The Kier molecular flexibility index (Phi) is 7.47. The lowest BCUT2D eigenvalue weighted by molar-refractivity contribution is -0.168. The van der Waals surface area contributed by atoms with Crippen LogP contribution in [0.2, 0.25) is 0 Å². The molecule has 2 heterocycles. The third-order valence-electron chi connectivity index (χ3n) is 7.58. The third kappa shape index (κ3) is 4.58. The maximum Gasteiger partial charge on any atom is 0.192 e. The van der Waals surface area contributed by atoms with E-state index >= 15 is 0 Å². The first kappa shape index (κ1) is 24.3. The van der Waals surface area contributed by atoms with Crippen LogP contribution < -0.4 is 15.4 Å². The SMILES string of the molecule is CCOC1CC(NC(=NCc2nnc(C)n2C)NC2CCOc3ccccc32)C12CCC2.I. The smallest absolute Gasteiger partial charge is 0.192 e. The molecule has 1 aromatic heterocycles. The standard InChI is InChI=1S/C24H34N6O2.HI/c1-4-31-21-14-20(24(21)11-7-12-24)27-23(25-15-22-29-28-16(2)30(22)3)26-18-10-13-32-19-9-6-5-8-17(18)19;/h5-6,8-9,18,20-21H,4,7,10-15H2,1-3H3,(H2,25,26,27);1H. The number of ether oxygens (including phenoxy) is 2. The molecule has 8 nitrogen and oxygen atoms in total. The van der Waals surface area contributed by atoms with Gasteiger partial charge in [-0.15, -0.1) is 34.2 Å². The van der Waals surface area contributed by atoms with Gasteiger partial charge in [0.15, 0.2) is 11.8 Å². The summed E-state index contributed by atoms with van der Waals surface area (Å²) in [4.78, 5) is 4.94. The van der Waals surface area contributed by atoms with Gasteiger partial charge in [-0.3, -0.25) is 0 Å². The molecular formula is C24H35IN6O2. The number of benzene rings is 1. The van der Waals surface area contributed by atoms with Gasteiger partial charge in [0, 0.05) is 37.1 Å². The molecule has 3 unspecified atom stereocenters. The zero-order valence-electron chi connectivity index (χ0n) is 19.7. The lowest BCUT2D eigenvalue weighted by atomic mass is 9.51. The minimum atomic E-state index is 0. The average molecular weight is 566 g/mol. The van der Waals surface area contributed by atoms with Crippen molar-refractivity contribution >= 4 is 29.9 Å². The molecule has 2 N–H and O–H groups in total. The van der Waals surface area contributed by atoms with Gasteiger partial charge < -0.3 is 24.7 Å². The Hall–Kier alpha value is -1.88. The molecule has 1 spiro atoms. The van der Waals surface area contributed by atoms with Crippen LogP contribution in [-0.2, 0) is 18.3 Å². The zero-order chi connectivity index (χ0) is 22.1. The Morgan fingerprint density at radius 1 is 1.27 bits per heavy atom. The summed E-state index contributed by atoms with van der Waals surface area (Å²) in [6.07, 6.45) is 6.04. The van der Waals surface area contributed by atoms with E-state index in [0.29, 0.717) is 25.3 Å². The van der Waals surface area contributed by atoms with Crippen molar-refractivity contribution in [3.05, 3.63) is 41.5 Å². The van der Waals surface area contributed by atoms with Gasteiger partial charge in [-0.25, -0.2) is 4.99 Å². The van der Waals surface area contributed by atoms with Gasteiger partial charge in [0.2, 0.25) is 0 Å². The maximum atomic E-state index is 6.05. The van der Waals surface area contributed by atoms with Crippen LogP contribution in [0.25, 0.3) is 0 Å². The van der Waals surface area contributed by atoms with E-state index in [0.717, 1.165) is 42.8 Å². The summed E-state index contributed by atoms with van der Waals surface area (Å²) in [6, 6.07) is 8.81. The molecule has 3 aliphatic rings. The van der Waals surface area contributed by atoms with E-state index in [1.165, 1.54) is 24.8 Å². The average Bonchev–Trinajstić information content (AvgIpc) is 3.07. The highest BCUT2D eigenvalue weighted by atomic mass is 127. The number of guanidine groups is 1. The lowest BCUT2D eigenvalue weighted by Crippen LogP contribution is -2.68. The van der Waals surface area contributed by atoms with Crippen molar-refractivity contribution in [2.24, 2.45) is 17.5 Å². The lowest BCUT2D eigenvalue weighted by Gasteiger charge is -2.61. The molecule has 2 saturated carbocycles. The molecule has 2 fully saturated rings. The van der Waals surface area contributed by atoms with Crippen molar-refractivity contribution in [2.45, 2.75) is 70.7 Å². The molecule has 0 amide bonds. The van der Waals surface area contributed by atoms with Gasteiger partial charge in [-0.05, 0) is 39.2 Å². The quantitative estimate of drug-likeness (QED) is 0.316. The molecule has 1 aliphatic heterocycles. The third-order valence-corrected chi connectivity index (χ3v) is 7.58. The summed E-state index contributed by atoms with van der Waals surface area (Å²) in [6.45, 7) is 6.01. The Balaban J connectivity index is 0.00000259. The number of fused-ring (bicyclic) bond motifs is 1. The van der Waals surface area contributed by atoms with Crippen LogP contribution in [0.4, 0.5) is 0 Å². The van der Waals surface area contributed by atoms with Gasteiger partial charge in [-0.2, -0.15) is 0 Å². The van der Waals surface area contributed by atoms with E-state index in [2.05, 4.69) is 39.9 Å². The van der Waals surface area contributed by atoms with E-state index in [9.17, 15) is 0 Å². The first-order valence-corrected chi connectivity index (χ1v) is 11.9. The summed E-state index contributed by atoms with van der Waals surface area (Å²) in [5.74, 6) is 3.53. The molecule has 3 atom stereocenters. The van der Waals surface area contributed by atoms with Gasteiger partial charge in [0.05, 0.1) is 18.8 Å². The Morgan fingerprint density at radius 3 is 2.79 bits per heavy atom. The minimum Gasteiger partial charge on any atom is -0.493 e. The fourth-order valence-electron chi connectivity index (χ4n) is 5.33. The van der Waals surface area contributed by atoms with Crippen molar-refractivity contribution in [2.75, 3.05) is 13.2 Å². The van der Waals surface area contributed by atoms with Crippen molar-refractivity contribution in [1.82, 2.24) is 25.4 Å². The minimum absolute atomic E-state index is 0. The predicted molar refractivity (Wildman–Crippen MR) is 138 cm³/mol. The maximum absolute atomic E-state index is 6.05. The van der Waals surface area contributed by atoms with Crippen molar-refractivity contribution in [1.29, 1.82) is 0 Å². The highest BCUT2D eigenvalue weighted by Crippen LogP contribution is 2.57. The summed E-state index contributed by atoms with van der Waals surface area (Å²) in [7, 11) is 1.98. The van der Waals surface area contributed by atoms with E-state index in [1.54, 1.807) is 0 Å². The number of nitrogens with one attached hydrogen (secondary N) is 2. The predicted octanol–water partition coefficient (Wildman–Crippen LogP) is 3.65. The summed E-state index contributed by atoms with van der Waals surface area (Å²) in [5, 5.41) is 15.9. The molecule has 0 saturated heterocycles. The number of nitrogens with zero attached hydrogens (tertiary/aromatic N) is 4. The highest BCUT2D eigenvalue weighted by molar-refractivity contribution is 14.0. The highest BCUT2D eigenvalue weighted by Gasteiger charge is 2.59. The molecule has 180 valence electrons. The largest absolute Gasteiger partial charge is 0.493 e. The molecule has 0 radical (unpaired) electrons. The van der Waals surface area contributed by atoms with E-state index < -0.39 is 0 Å². The molecule has 2 aromatic rings. The second-order valence-electron chi connectivity index (χ2n) is 9.22. The van der Waals surface area contributed by atoms with Crippen LogP contribution in [0.15, 0.2) is 29.3 Å². The topological polar surface area (TPSA) is 85.6 Å². The fraction of sp³-hybridized carbons (Fsp3) is 0.625. The van der Waals surface area contributed by atoms with Crippen LogP contribution >= 0.6 is 24.0 Å². The number of aryl methyl sites for hydroxylation is 1. The number of halogens is 1. The van der Waals surface area contributed by atoms with Crippen LogP contribution in [0.5, 0.6) is 5.75 Å². The van der Waals surface area contributed by atoms with E-state index in [4.69, 9.17) is 14.5 Å². The first-order valence-electron chi connectivity index (χ1n) is 11.9. The van der Waals surface area contributed by atoms with Crippen molar-refractivity contribution in [3.63, 3.8) is 0 Å². The summed E-state index contributed by atoms with van der Waals surface area (Å²) < 4.78 is 13.9. The Bertz CT molecular complexity index is 989. The van der Waals surface area contributed by atoms with Crippen molar-refractivity contribution < 1.29 is 9.47 Å². The monoisotopic (exact) mass is 566 g/mol. The number of hydrogen-bond acceptors (Lipinski definition) is 5. The summed E-state index contributed by atoms with van der Waals surface area (Å²) >= 11 is 0. The van der Waals surface area contributed by atoms with Crippen molar-refractivity contribution in [3.8, 4) is 5.75 Å². The number of aliphatic imine (C=N–C) groups is 1. The van der Waals surface area contributed by atoms with E-state index in [-0.39, 0.29) is 35.4 Å². The molecule has 33 heavy (non-hydrogen) atoms. The molecule has 0 bridgehead atoms. The molecule has 2 aliphatic carbocycles. The van der Waals surface area contributed by atoms with Crippen LogP contribution in [-0.4, -0.2) is 46.1 Å². The normalized spacial score (nSPS) is 25.2. The van der Waals surface area contributed by atoms with Crippen LogP contribution in [0.1, 0.15) is 62.3 Å². The Labute approximate surface area is 213 Å². The van der Waals surface area contributed by atoms with Gasteiger partial charge in [-0.1, -0.05) is 24.6 Å². The zero-order valence-corrected chi connectivity index (χ0v) is 22.0. The molecule has 9 heteroatoms. The number of hydrogen-bond donors (Lipinski definition) is 2. The molecule has 1 aromatic carbocycles. The second-order valence-corrected chi connectivity index (χ2v) is 9.22. The Morgan fingerprint density at radius 2 is 2.09 bits per heavy atom. The summed E-state index contributed by atoms with van der Waals surface area (Å²) in [5.41, 5.74) is 1.44.